The first-order valence-corrected chi connectivity index (χ1v) is 14.1. The summed E-state index contributed by atoms with van der Waals surface area (Å²) in [6, 6.07) is 4.36. The molecule has 5 rings (SSSR count). The standard InChI is InChI=1S/C28H44O2S/c1-26-14-5-4-10-23(26)24(29)18-20-21-11-12-25(27(21,2)16-13-22(20)26)28(3,30)15-6-8-19-9-7-17-31-19/h7,9,17,20-25,29-30H,4-6,8,10-16,18H2,1-3H3/t20?,21-,22-,23+,24-,25-,26+,27-,28-/m0/s1. The Hall–Kier alpha value is -0.380. The van der Waals surface area contributed by atoms with E-state index in [-0.39, 0.29) is 11.5 Å². The molecule has 0 aliphatic heterocycles. The lowest BCUT2D eigenvalue weighted by Gasteiger charge is -2.62. The molecule has 31 heavy (non-hydrogen) atoms. The second-order valence-electron chi connectivity index (χ2n) is 12.5. The van der Waals surface area contributed by atoms with Crippen LogP contribution in [0, 0.1) is 40.4 Å². The molecule has 4 saturated carbocycles. The van der Waals surface area contributed by atoms with E-state index < -0.39 is 5.60 Å². The van der Waals surface area contributed by atoms with Crippen molar-refractivity contribution in [1.29, 1.82) is 0 Å². The van der Waals surface area contributed by atoms with E-state index >= 15 is 0 Å². The fourth-order valence-electron chi connectivity index (χ4n) is 9.63. The Kier molecular flexibility index (Phi) is 5.88. The Morgan fingerprint density at radius 3 is 2.61 bits per heavy atom. The van der Waals surface area contributed by atoms with Crippen molar-refractivity contribution in [2.24, 2.45) is 40.4 Å². The number of aliphatic hydroxyl groups excluding tert-OH is 1. The summed E-state index contributed by atoms with van der Waals surface area (Å²) in [7, 11) is 0. The summed E-state index contributed by atoms with van der Waals surface area (Å²) in [5.74, 6) is 3.09. The van der Waals surface area contributed by atoms with Gasteiger partial charge in [-0.25, -0.2) is 0 Å². The van der Waals surface area contributed by atoms with Crippen LogP contribution in [0.5, 0.6) is 0 Å². The number of hydrogen-bond donors (Lipinski definition) is 2. The Labute approximate surface area is 193 Å². The van der Waals surface area contributed by atoms with Crippen LogP contribution < -0.4 is 0 Å². The molecule has 0 bridgehead atoms. The number of aliphatic hydroxyl groups is 2. The van der Waals surface area contributed by atoms with Crippen molar-refractivity contribution in [3.05, 3.63) is 22.4 Å². The smallest absolute Gasteiger partial charge is 0.0653 e. The summed E-state index contributed by atoms with van der Waals surface area (Å²) in [5.41, 5.74) is 0.0204. The molecule has 9 atom stereocenters. The van der Waals surface area contributed by atoms with Crippen LogP contribution in [0.15, 0.2) is 17.5 Å². The monoisotopic (exact) mass is 444 g/mol. The third-order valence-corrected chi connectivity index (χ3v) is 12.0. The van der Waals surface area contributed by atoms with Crippen LogP contribution in [0.4, 0.5) is 0 Å². The van der Waals surface area contributed by atoms with Crippen molar-refractivity contribution in [1.82, 2.24) is 0 Å². The van der Waals surface area contributed by atoms with Gasteiger partial charge in [-0.05, 0) is 123 Å². The molecule has 0 amide bonds. The van der Waals surface area contributed by atoms with Gasteiger partial charge in [-0.3, -0.25) is 0 Å². The summed E-state index contributed by atoms with van der Waals surface area (Å²) >= 11 is 1.84. The second-order valence-corrected chi connectivity index (χ2v) is 13.5. The van der Waals surface area contributed by atoms with Crippen LogP contribution in [-0.2, 0) is 6.42 Å². The van der Waals surface area contributed by atoms with E-state index in [0.717, 1.165) is 31.6 Å². The van der Waals surface area contributed by atoms with E-state index in [1.165, 1.54) is 56.2 Å². The van der Waals surface area contributed by atoms with Gasteiger partial charge in [-0.1, -0.05) is 32.8 Å². The van der Waals surface area contributed by atoms with Crippen LogP contribution in [-0.4, -0.2) is 21.9 Å². The van der Waals surface area contributed by atoms with E-state index in [1.54, 1.807) is 0 Å². The van der Waals surface area contributed by atoms with Gasteiger partial charge in [0, 0.05) is 4.88 Å². The predicted molar refractivity (Wildman–Crippen MR) is 129 cm³/mol. The number of hydrogen-bond acceptors (Lipinski definition) is 3. The zero-order valence-corrected chi connectivity index (χ0v) is 20.8. The fourth-order valence-corrected chi connectivity index (χ4v) is 10.4. The van der Waals surface area contributed by atoms with Crippen LogP contribution >= 0.6 is 11.3 Å². The largest absolute Gasteiger partial charge is 0.393 e. The molecule has 3 heteroatoms. The number of fused-ring (bicyclic) bond motifs is 5. The summed E-state index contributed by atoms with van der Waals surface area (Å²) in [6.07, 6.45) is 14.3. The van der Waals surface area contributed by atoms with Crippen LogP contribution in [0.3, 0.4) is 0 Å². The Morgan fingerprint density at radius 2 is 1.84 bits per heavy atom. The maximum absolute atomic E-state index is 11.7. The molecule has 1 unspecified atom stereocenters. The van der Waals surface area contributed by atoms with E-state index in [2.05, 4.69) is 38.3 Å². The molecule has 4 fully saturated rings. The van der Waals surface area contributed by atoms with Crippen LogP contribution in [0.2, 0.25) is 0 Å². The molecule has 174 valence electrons. The molecule has 1 aromatic rings. The van der Waals surface area contributed by atoms with Gasteiger partial charge in [0.15, 0.2) is 0 Å². The van der Waals surface area contributed by atoms with Gasteiger partial charge >= 0.3 is 0 Å². The lowest BCUT2D eigenvalue weighted by atomic mass is 9.44. The molecular formula is C28H44O2S. The third-order valence-electron chi connectivity index (χ3n) is 11.0. The number of thiophene rings is 1. The molecule has 0 aromatic carbocycles. The first-order valence-electron chi connectivity index (χ1n) is 13.2. The van der Waals surface area contributed by atoms with Gasteiger partial charge in [0.05, 0.1) is 11.7 Å². The van der Waals surface area contributed by atoms with Crippen molar-refractivity contribution in [3.63, 3.8) is 0 Å². The zero-order valence-electron chi connectivity index (χ0n) is 20.0. The van der Waals surface area contributed by atoms with E-state index in [0.29, 0.717) is 29.1 Å². The number of rotatable bonds is 5. The summed E-state index contributed by atoms with van der Waals surface area (Å²) in [4.78, 5) is 1.44. The van der Waals surface area contributed by atoms with Gasteiger partial charge in [0.1, 0.15) is 0 Å². The first kappa shape index (κ1) is 22.4. The molecule has 1 aromatic heterocycles. The lowest BCUT2D eigenvalue weighted by molar-refractivity contribution is -0.168. The Bertz CT molecular complexity index is 757. The molecule has 1 heterocycles. The molecule has 0 spiro atoms. The van der Waals surface area contributed by atoms with Gasteiger partial charge in [-0.15, -0.1) is 11.3 Å². The van der Waals surface area contributed by atoms with Crippen molar-refractivity contribution in [2.75, 3.05) is 0 Å². The maximum atomic E-state index is 11.7. The van der Waals surface area contributed by atoms with Gasteiger partial charge in [-0.2, -0.15) is 0 Å². The topological polar surface area (TPSA) is 40.5 Å². The second kappa shape index (κ2) is 8.13. The Morgan fingerprint density at radius 1 is 1.03 bits per heavy atom. The minimum atomic E-state index is -0.571. The molecule has 2 nitrogen and oxygen atoms in total. The summed E-state index contributed by atoms with van der Waals surface area (Å²) in [5, 5.41) is 25.0. The summed E-state index contributed by atoms with van der Waals surface area (Å²) in [6.45, 7) is 7.19. The molecule has 2 N–H and O–H groups in total. The SMILES string of the molecule is C[C@]12CCCC[C@@H]1[C@@H](O)CC1[C@@H]2CC[C@@]2(C)[C@H]1CC[C@@H]2[C@@](C)(O)CCCc1cccs1. The quantitative estimate of drug-likeness (QED) is 0.522. The van der Waals surface area contributed by atoms with E-state index in [1.807, 2.05) is 11.3 Å². The Balaban J connectivity index is 1.32. The lowest BCUT2D eigenvalue weighted by Crippen LogP contribution is -2.58. The normalized spacial score (nSPS) is 46.6. The van der Waals surface area contributed by atoms with Gasteiger partial charge in [0.25, 0.3) is 0 Å². The zero-order chi connectivity index (χ0) is 21.9. The third kappa shape index (κ3) is 3.66. The highest BCUT2D eigenvalue weighted by Gasteiger charge is 2.63. The van der Waals surface area contributed by atoms with Gasteiger partial charge < -0.3 is 10.2 Å². The highest BCUT2D eigenvalue weighted by atomic mass is 32.1. The first-order chi connectivity index (χ1) is 14.8. The minimum absolute atomic E-state index is 0.0979. The average molecular weight is 445 g/mol. The van der Waals surface area contributed by atoms with Crippen molar-refractivity contribution >= 4 is 11.3 Å². The molecule has 4 aliphatic rings. The molecule has 4 aliphatic carbocycles. The van der Waals surface area contributed by atoms with E-state index in [9.17, 15) is 10.2 Å². The van der Waals surface area contributed by atoms with E-state index in [4.69, 9.17) is 0 Å². The highest BCUT2D eigenvalue weighted by molar-refractivity contribution is 7.09. The maximum Gasteiger partial charge on any atom is 0.0653 e. The van der Waals surface area contributed by atoms with Crippen molar-refractivity contribution < 1.29 is 10.2 Å². The minimum Gasteiger partial charge on any atom is -0.393 e. The fraction of sp³-hybridized carbons (Fsp3) is 0.857. The van der Waals surface area contributed by atoms with Crippen LogP contribution in [0.1, 0.15) is 96.3 Å². The predicted octanol–water partition coefficient (Wildman–Crippen LogP) is 6.84. The van der Waals surface area contributed by atoms with Gasteiger partial charge in [0.2, 0.25) is 0 Å². The molecule has 0 radical (unpaired) electrons. The molecular weight excluding hydrogens is 400 g/mol. The van der Waals surface area contributed by atoms with Crippen molar-refractivity contribution in [3.8, 4) is 0 Å². The highest BCUT2D eigenvalue weighted by Crippen LogP contribution is 2.68. The number of aryl methyl sites for hydroxylation is 1. The average Bonchev–Trinajstić information content (AvgIpc) is 3.35. The van der Waals surface area contributed by atoms with Crippen LogP contribution in [0.25, 0.3) is 0 Å². The summed E-state index contributed by atoms with van der Waals surface area (Å²) < 4.78 is 0. The van der Waals surface area contributed by atoms with Crippen molar-refractivity contribution in [2.45, 2.75) is 110 Å². The molecule has 0 saturated heterocycles.